The van der Waals surface area contributed by atoms with Crippen molar-refractivity contribution >= 4 is 29.4 Å². The van der Waals surface area contributed by atoms with E-state index < -0.39 is 11.7 Å². The number of rotatable bonds is 6. The molecule has 1 aromatic carbocycles. The molecule has 0 atom stereocenters. The highest BCUT2D eigenvalue weighted by Crippen LogP contribution is 2.16. The van der Waals surface area contributed by atoms with E-state index in [0.29, 0.717) is 18.1 Å². The average molecular weight is 338 g/mol. The fourth-order valence-electron chi connectivity index (χ4n) is 1.84. The van der Waals surface area contributed by atoms with E-state index in [1.165, 1.54) is 17.3 Å². The number of alkyl carbamates (subject to hydrolysis) is 1. The van der Waals surface area contributed by atoms with Gasteiger partial charge < -0.3 is 15.4 Å². The molecule has 0 saturated carbocycles. The van der Waals surface area contributed by atoms with Gasteiger partial charge in [0, 0.05) is 18.0 Å². The predicted octanol–water partition coefficient (Wildman–Crippen LogP) is 3.50. The first-order valence-electron chi connectivity index (χ1n) is 7.59. The molecule has 0 fully saturated rings. The maximum absolute atomic E-state index is 11.9. The summed E-state index contributed by atoms with van der Waals surface area (Å²) in [5, 5.41) is 5.56. The van der Waals surface area contributed by atoms with E-state index in [1.54, 1.807) is 0 Å². The first-order valence-corrected chi connectivity index (χ1v) is 8.74. The highest BCUT2D eigenvalue weighted by molar-refractivity contribution is 7.99. The van der Waals surface area contributed by atoms with Crippen LogP contribution in [0.5, 0.6) is 0 Å². The third-order valence-electron chi connectivity index (χ3n) is 2.80. The summed E-state index contributed by atoms with van der Waals surface area (Å²) < 4.78 is 5.13. The molecule has 0 heterocycles. The largest absolute Gasteiger partial charge is 0.444 e. The van der Waals surface area contributed by atoms with Gasteiger partial charge in [-0.25, -0.2) is 4.79 Å². The van der Waals surface area contributed by atoms with E-state index in [4.69, 9.17) is 4.74 Å². The minimum atomic E-state index is -0.497. The van der Waals surface area contributed by atoms with Gasteiger partial charge in [0.25, 0.3) is 0 Å². The number of aryl methyl sites for hydroxylation is 2. The summed E-state index contributed by atoms with van der Waals surface area (Å²) in [6, 6.07) is 5.92. The number of carbonyl (C=O) groups is 2. The summed E-state index contributed by atoms with van der Waals surface area (Å²) in [6.45, 7) is 9.92. The highest BCUT2D eigenvalue weighted by Gasteiger charge is 2.15. The number of thioether (sulfide) groups is 1. The third kappa shape index (κ3) is 8.50. The second kappa shape index (κ2) is 8.82. The molecule has 23 heavy (non-hydrogen) atoms. The fraction of sp³-hybridized carbons (Fsp3) is 0.529. The molecule has 1 aromatic rings. The van der Waals surface area contributed by atoms with Crippen LogP contribution in [0.4, 0.5) is 10.5 Å². The minimum absolute atomic E-state index is 0.0424. The minimum Gasteiger partial charge on any atom is -0.444 e. The number of hydrogen-bond donors (Lipinski definition) is 2. The topological polar surface area (TPSA) is 67.4 Å². The molecule has 5 nitrogen and oxygen atoms in total. The predicted molar refractivity (Wildman–Crippen MR) is 96.1 cm³/mol. The van der Waals surface area contributed by atoms with E-state index in [2.05, 4.69) is 10.6 Å². The molecule has 2 amide bonds. The Balaban J connectivity index is 2.21. The molecule has 0 radical (unpaired) electrons. The zero-order valence-electron chi connectivity index (χ0n) is 14.5. The average Bonchev–Trinajstić information content (AvgIpc) is 2.39. The zero-order chi connectivity index (χ0) is 17.5. The third-order valence-corrected chi connectivity index (χ3v) is 3.76. The lowest BCUT2D eigenvalue weighted by molar-refractivity contribution is -0.113. The van der Waals surface area contributed by atoms with Gasteiger partial charge in [0.05, 0.1) is 5.75 Å². The SMILES string of the molecule is Cc1ccc(NC(=O)CSCCNC(=O)OC(C)(C)C)c(C)c1. The molecule has 0 bridgehead atoms. The van der Waals surface area contributed by atoms with Gasteiger partial charge in [-0.05, 0) is 46.2 Å². The molecule has 128 valence electrons. The maximum Gasteiger partial charge on any atom is 0.407 e. The molecular formula is C17H26N2O3S. The Labute approximate surface area is 142 Å². The Morgan fingerprint density at radius 3 is 2.52 bits per heavy atom. The van der Waals surface area contributed by atoms with Crippen LogP contribution < -0.4 is 10.6 Å². The summed E-state index contributed by atoms with van der Waals surface area (Å²) >= 11 is 1.47. The van der Waals surface area contributed by atoms with Crippen LogP contribution in [0.2, 0.25) is 0 Å². The molecule has 0 unspecified atom stereocenters. The second-order valence-electron chi connectivity index (χ2n) is 6.35. The molecule has 0 saturated heterocycles. The van der Waals surface area contributed by atoms with Crippen molar-refractivity contribution in [1.82, 2.24) is 5.32 Å². The normalized spacial score (nSPS) is 11.0. The Bertz CT molecular complexity index is 553. The lowest BCUT2D eigenvalue weighted by atomic mass is 10.1. The van der Waals surface area contributed by atoms with Crippen molar-refractivity contribution in [3.63, 3.8) is 0 Å². The van der Waals surface area contributed by atoms with Crippen molar-refractivity contribution in [2.24, 2.45) is 0 Å². The Morgan fingerprint density at radius 2 is 1.91 bits per heavy atom. The van der Waals surface area contributed by atoms with Crippen LogP contribution >= 0.6 is 11.8 Å². The van der Waals surface area contributed by atoms with Crippen molar-refractivity contribution < 1.29 is 14.3 Å². The second-order valence-corrected chi connectivity index (χ2v) is 7.45. The van der Waals surface area contributed by atoms with E-state index in [1.807, 2.05) is 52.8 Å². The van der Waals surface area contributed by atoms with E-state index >= 15 is 0 Å². The van der Waals surface area contributed by atoms with E-state index in [-0.39, 0.29) is 5.91 Å². The Hall–Kier alpha value is -1.69. The van der Waals surface area contributed by atoms with Crippen LogP contribution in [0.3, 0.4) is 0 Å². The van der Waals surface area contributed by atoms with E-state index in [0.717, 1.165) is 11.3 Å². The molecular weight excluding hydrogens is 312 g/mol. The van der Waals surface area contributed by atoms with Gasteiger partial charge in [-0.15, -0.1) is 0 Å². The van der Waals surface area contributed by atoms with Crippen molar-refractivity contribution in [3.05, 3.63) is 29.3 Å². The lowest BCUT2D eigenvalue weighted by Gasteiger charge is -2.19. The Kier molecular flexibility index (Phi) is 7.42. The van der Waals surface area contributed by atoms with Crippen molar-refractivity contribution in [2.45, 2.75) is 40.2 Å². The van der Waals surface area contributed by atoms with Gasteiger partial charge in [-0.1, -0.05) is 17.7 Å². The van der Waals surface area contributed by atoms with Gasteiger partial charge >= 0.3 is 6.09 Å². The number of benzene rings is 1. The number of hydrogen-bond acceptors (Lipinski definition) is 4. The standard InChI is InChI=1S/C17H26N2O3S/c1-12-6-7-14(13(2)10-12)19-15(20)11-23-9-8-18-16(21)22-17(3,4)5/h6-7,10H,8-9,11H2,1-5H3,(H,18,21)(H,19,20). The maximum atomic E-state index is 11.9. The number of amides is 2. The highest BCUT2D eigenvalue weighted by atomic mass is 32.2. The summed E-state index contributed by atoms with van der Waals surface area (Å²) in [6.07, 6.45) is -0.433. The number of anilines is 1. The summed E-state index contributed by atoms with van der Waals surface area (Å²) in [5.74, 6) is 0.960. The van der Waals surface area contributed by atoms with Crippen LogP contribution in [0.15, 0.2) is 18.2 Å². The molecule has 6 heteroatoms. The van der Waals surface area contributed by atoms with Crippen LogP contribution in [-0.2, 0) is 9.53 Å². The molecule has 0 aliphatic heterocycles. The van der Waals surface area contributed by atoms with Gasteiger partial charge in [-0.2, -0.15) is 11.8 Å². The first-order chi connectivity index (χ1) is 10.7. The molecule has 0 spiro atoms. The van der Waals surface area contributed by atoms with Gasteiger partial charge in [-0.3, -0.25) is 4.79 Å². The van der Waals surface area contributed by atoms with Crippen molar-refractivity contribution in [2.75, 3.05) is 23.4 Å². The number of carbonyl (C=O) groups excluding carboxylic acids is 2. The quantitative estimate of drug-likeness (QED) is 0.779. The molecule has 0 aliphatic carbocycles. The first kappa shape index (κ1) is 19.4. The molecule has 1 rings (SSSR count). The van der Waals surface area contributed by atoms with Gasteiger partial charge in [0.1, 0.15) is 5.60 Å². The van der Waals surface area contributed by atoms with Crippen molar-refractivity contribution in [1.29, 1.82) is 0 Å². The Morgan fingerprint density at radius 1 is 1.22 bits per heavy atom. The summed E-state index contributed by atoms with van der Waals surface area (Å²) in [7, 11) is 0. The van der Waals surface area contributed by atoms with Gasteiger partial charge in [0.2, 0.25) is 5.91 Å². The van der Waals surface area contributed by atoms with Crippen LogP contribution in [-0.4, -0.2) is 35.7 Å². The van der Waals surface area contributed by atoms with Crippen LogP contribution in [0, 0.1) is 13.8 Å². The molecule has 2 N–H and O–H groups in total. The van der Waals surface area contributed by atoms with Crippen molar-refractivity contribution in [3.8, 4) is 0 Å². The monoisotopic (exact) mass is 338 g/mol. The lowest BCUT2D eigenvalue weighted by Crippen LogP contribution is -2.33. The fourth-order valence-corrected chi connectivity index (χ4v) is 2.49. The molecule has 0 aromatic heterocycles. The number of ether oxygens (including phenoxy) is 1. The molecule has 0 aliphatic rings. The summed E-state index contributed by atoms with van der Waals surface area (Å²) in [4.78, 5) is 23.3. The van der Waals surface area contributed by atoms with Gasteiger partial charge in [0.15, 0.2) is 0 Å². The summed E-state index contributed by atoms with van der Waals surface area (Å²) in [5.41, 5.74) is 2.56. The van der Waals surface area contributed by atoms with E-state index in [9.17, 15) is 9.59 Å². The van der Waals surface area contributed by atoms with Crippen LogP contribution in [0.25, 0.3) is 0 Å². The van der Waals surface area contributed by atoms with Crippen LogP contribution in [0.1, 0.15) is 31.9 Å². The number of nitrogens with one attached hydrogen (secondary N) is 2. The zero-order valence-corrected chi connectivity index (χ0v) is 15.3. The smallest absolute Gasteiger partial charge is 0.407 e.